The number of nitrogens with zero attached hydrogens (tertiary/aromatic N) is 1. The first kappa shape index (κ1) is 22.1. The molecule has 2 aromatic carbocycles. The highest BCUT2D eigenvalue weighted by atomic mass is 127. The second-order valence-corrected chi connectivity index (χ2v) is 9.30. The summed E-state index contributed by atoms with van der Waals surface area (Å²) in [6.45, 7) is 1.85. The summed E-state index contributed by atoms with van der Waals surface area (Å²) in [6.07, 6.45) is -2.89. The maximum absolute atomic E-state index is 12.9. The Hall–Kier alpha value is -1.62. The molecule has 0 radical (unpaired) electrons. The van der Waals surface area contributed by atoms with Gasteiger partial charge >= 0.3 is 6.18 Å². The van der Waals surface area contributed by atoms with Crippen LogP contribution in [0.25, 0.3) is 0 Å². The number of halogens is 4. The van der Waals surface area contributed by atoms with Gasteiger partial charge in [0.05, 0.1) is 10.5 Å². The molecule has 1 aliphatic rings. The first-order chi connectivity index (χ1) is 13.6. The van der Waals surface area contributed by atoms with Gasteiger partial charge in [0.2, 0.25) is 5.90 Å². The first-order valence-electron chi connectivity index (χ1n) is 8.89. The third kappa shape index (κ3) is 4.93. The lowest BCUT2D eigenvalue weighted by Crippen LogP contribution is -2.38. The standard InChI is InChI=1S/C20H19F3INO3S/c1-14-4-10-17(11-5-14)29(26,27)25-18-3-2-12-19(13-24,28-18)15-6-8-16(9-7-15)20(21,22)23/h4-11H,2-3,12-13H2,1H3/b25-18-/t19-/m0/s1. The summed E-state index contributed by atoms with van der Waals surface area (Å²) in [6, 6.07) is 11.1. The molecule has 0 bridgehead atoms. The van der Waals surface area contributed by atoms with E-state index in [1.165, 1.54) is 24.3 Å². The molecule has 9 heteroatoms. The number of aryl methyl sites for hydroxylation is 1. The number of sulfonamides is 1. The molecule has 0 amide bonds. The zero-order valence-corrected chi connectivity index (χ0v) is 18.5. The Morgan fingerprint density at radius 1 is 1.10 bits per heavy atom. The van der Waals surface area contributed by atoms with E-state index in [4.69, 9.17) is 4.74 Å². The van der Waals surface area contributed by atoms with Crippen LogP contribution in [0.5, 0.6) is 0 Å². The number of rotatable bonds is 4. The van der Waals surface area contributed by atoms with E-state index in [2.05, 4.69) is 27.0 Å². The van der Waals surface area contributed by atoms with Crippen LogP contribution in [0.3, 0.4) is 0 Å². The van der Waals surface area contributed by atoms with Gasteiger partial charge in [-0.1, -0.05) is 52.4 Å². The highest BCUT2D eigenvalue weighted by molar-refractivity contribution is 14.1. The van der Waals surface area contributed by atoms with Crippen molar-refractivity contribution in [2.45, 2.75) is 42.9 Å². The van der Waals surface area contributed by atoms with Gasteiger partial charge < -0.3 is 4.74 Å². The number of alkyl halides is 4. The Morgan fingerprint density at radius 3 is 2.28 bits per heavy atom. The fraction of sp³-hybridized carbons (Fsp3) is 0.350. The smallest absolute Gasteiger partial charge is 0.416 e. The minimum absolute atomic E-state index is 0.0689. The first-order valence-corrected chi connectivity index (χ1v) is 11.9. The third-order valence-electron chi connectivity index (χ3n) is 4.78. The van der Waals surface area contributed by atoms with E-state index in [0.29, 0.717) is 29.3 Å². The molecule has 1 atom stereocenters. The van der Waals surface area contributed by atoms with E-state index in [1.54, 1.807) is 12.1 Å². The largest absolute Gasteiger partial charge is 0.468 e. The fourth-order valence-electron chi connectivity index (χ4n) is 3.15. The van der Waals surface area contributed by atoms with E-state index < -0.39 is 27.4 Å². The molecule has 0 unspecified atom stereocenters. The molecule has 0 saturated carbocycles. The van der Waals surface area contributed by atoms with Crippen LogP contribution >= 0.6 is 22.6 Å². The molecule has 1 fully saturated rings. The van der Waals surface area contributed by atoms with Crippen molar-refractivity contribution in [2.75, 3.05) is 4.43 Å². The van der Waals surface area contributed by atoms with Gasteiger partial charge in [0.25, 0.3) is 10.0 Å². The summed E-state index contributed by atoms with van der Waals surface area (Å²) in [7, 11) is -3.93. The summed E-state index contributed by atoms with van der Waals surface area (Å²) in [5.41, 5.74) is -0.154. The van der Waals surface area contributed by atoms with Gasteiger partial charge in [-0.25, -0.2) is 0 Å². The van der Waals surface area contributed by atoms with Crippen LogP contribution < -0.4 is 0 Å². The van der Waals surface area contributed by atoms with Crippen LogP contribution in [0.15, 0.2) is 57.8 Å². The second kappa shape index (κ2) is 8.25. The topological polar surface area (TPSA) is 55.7 Å². The fourth-order valence-corrected chi connectivity index (χ4v) is 5.11. The van der Waals surface area contributed by atoms with Crippen molar-refractivity contribution < 1.29 is 26.3 Å². The van der Waals surface area contributed by atoms with Crippen molar-refractivity contribution in [3.63, 3.8) is 0 Å². The Labute approximate surface area is 181 Å². The summed E-state index contributed by atoms with van der Waals surface area (Å²) < 4.78 is 74.1. The van der Waals surface area contributed by atoms with Gasteiger partial charge in [-0.15, -0.1) is 4.40 Å². The Kier molecular flexibility index (Phi) is 6.28. The number of hydrogen-bond donors (Lipinski definition) is 0. The van der Waals surface area contributed by atoms with Crippen LogP contribution in [-0.2, 0) is 26.5 Å². The van der Waals surface area contributed by atoms with Crippen molar-refractivity contribution in [3.05, 3.63) is 65.2 Å². The predicted molar refractivity (Wildman–Crippen MR) is 113 cm³/mol. The Morgan fingerprint density at radius 2 is 1.72 bits per heavy atom. The quantitative estimate of drug-likeness (QED) is 0.375. The maximum atomic E-state index is 12.9. The Balaban J connectivity index is 1.91. The van der Waals surface area contributed by atoms with Crippen LogP contribution in [0.4, 0.5) is 13.2 Å². The average molecular weight is 537 g/mol. The van der Waals surface area contributed by atoms with Gasteiger partial charge in [-0.3, -0.25) is 0 Å². The lowest BCUT2D eigenvalue weighted by molar-refractivity contribution is -0.137. The van der Waals surface area contributed by atoms with Crippen LogP contribution in [0.2, 0.25) is 0 Å². The summed E-state index contributed by atoms with van der Waals surface area (Å²) in [5, 5.41) is 0. The molecule has 0 spiro atoms. The minimum atomic E-state index is -4.42. The van der Waals surface area contributed by atoms with E-state index in [9.17, 15) is 21.6 Å². The summed E-state index contributed by atoms with van der Waals surface area (Å²) in [5.74, 6) is 0.0772. The molecular weight excluding hydrogens is 518 g/mol. The zero-order valence-electron chi connectivity index (χ0n) is 15.5. The molecule has 0 N–H and O–H groups in total. The van der Waals surface area contributed by atoms with Gasteiger partial charge in [-0.05, 0) is 49.6 Å². The molecular formula is C20H19F3INO3S. The molecule has 2 aromatic rings. The number of hydrogen-bond acceptors (Lipinski definition) is 3. The SMILES string of the molecule is Cc1ccc(S(=O)(=O)/N=C2/CCC[C@](CI)(c3ccc(C(F)(F)F)cc3)O2)cc1. The lowest BCUT2D eigenvalue weighted by Gasteiger charge is -2.37. The normalized spacial score (nSPS) is 21.8. The van der Waals surface area contributed by atoms with Crippen molar-refractivity contribution in [1.29, 1.82) is 0 Å². The van der Waals surface area contributed by atoms with Gasteiger partial charge in [0, 0.05) is 10.8 Å². The molecule has 0 aliphatic carbocycles. The van der Waals surface area contributed by atoms with E-state index in [0.717, 1.165) is 17.7 Å². The molecule has 3 rings (SSSR count). The lowest BCUT2D eigenvalue weighted by atomic mass is 9.87. The second-order valence-electron chi connectivity index (χ2n) is 6.93. The summed E-state index contributed by atoms with van der Waals surface area (Å²) >= 11 is 2.10. The van der Waals surface area contributed by atoms with Crippen molar-refractivity contribution in [1.82, 2.24) is 0 Å². The molecule has 4 nitrogen and oxygen atoms in total. The third-order valence-corrected chi connectivity index (χ3v) is 7.32. The molecule has 1 saturated heterocycles. The maximum Gasteiger partial charge on any atom is 0.416 e. The van der Waals surface area contributed by atoms with E-state index >= 15 is 0 Å². The molecule has 156 valence electrons. The highest BCUT2D eigenvalue weighted by Gasteiger charge is 2.39. The van der Waals surface area contributed by atoms with Gasteiger partial charge in [-0.2, -0.15) is 21.6 Å². The number of ether oxygens (including phenoxy) is 1. The molecule has 29 heavy (non-hydrogen) atoms. The van der Waals surface area contributed by atoms with Crippen molar-refractivity contribution in [3.8, 4) is 0 Å². The number of benzene rings is 2. The van der Waals surface area contributed by atoms with Gasteiger partial charge in [0.1, 0.15) is 5.60 Å². The van der Waals surface area contributed by atoms with Crippen LogP contribution in [-0.4, -0.2) is 18.7 Å². The average Bonchev–Trinajstić information content (AvgIpc) is 2.67. The molecule has 1 aliphatic heterocycles. The van der Waals surface area contributed by atoms with E-state index in [1.807, 2.05) is 6.92 Å². The van der Waals surface area contributed by atoms with Gasteiger partial charge in [0.15, 0.2) is 0 Å². The molecule has 0 aromatic heterocycles. The van der Waals surface area contributed by atoms with Crippen molar-refractivity contribution >= 4 is 38.5 Å². The monoisotopic (exact) mass is 537 g/mol. The van der Waals surface area contributed by atoms with Crippen molar-refractivity contribution in [2.24, 2.45) is 4.40 Å². The molecule has 1 heterocycles. The van der Waals surface area contributed by atoms with E-state index in [-0.39, 0.29) is 10.8 Å². The highest BCUT2D eigenvalue weighted by Crippen LogP contribution is 2.39. The zero-order chi connectivity index (χ0) is 21.3. The Bertz CT molecular complexity index is 1000. The van der Waals surface area contributed by atoms with Crippen LogP contribution in [0.1, 0.15) is 36.0 Å². The minimum Gasteiger partial charge on any atom is -0.468 e. The summed E-state index contributed by atoms with van der Waals surface area (Å²) in [4.78, 5) is 0.0689. The van der Waals surface area contributed by atoms with Crippen LogP contribution in [0, 0.1) is 6.92 Å². The predicted octanol–water partition coefficient (Wildman–Crippen LogP) is 5.63.